The maximum atomic E-state index is 14.6. The van der Waals surface area contributed by atoms with Crippen molar-refractivity contribution < 1.29 is 46.8 Å². The fourth-order valence-electron chi connectivity index (χ4n) is 9.57. The molecule has 332 valence electrons. The van der Waals surface area contributed by atoms with E-state index in [0.29, 0.717) is 61.6 Å². The molecule has 2 aromatic heterocycles. The molecule has 2 atom stereocenters. The first kappa shape index (κ1) is 42.5. The van der Waals surface area contributed by atoms with Gasteiger partial charge in [0.05, 0.1) is 53.5 Å². The fourth-order valence-corrected chi connectivity index (χ4v) is 9.57. The van der Waals surface area contributed by atoms with Gasteiger partial charge in [-0.05, 0) is 87.9 Å². The van der Waals surface area contributed by atoms with Gasteiger partial charge in [0.15, 0.2) is 11.6 Å². The zero-order chi connectivity index (χ0) is 44.8. The number of aryl methyl sites for hydroxylation is 2. The van der Waals surface area contributed by atoms with Crippen molar-refractivity contribution in [1.29, 1.82) is 0 Å². The predicted molar refractivity (Wildman–Crippen MR) is 227 cm³/mol. The largest absolute Gasteiger partial charge is 0.382 e. The third-order valence-corrected chi connectivity index (χ3v) is 12.6. The Kier molecular flexibility index (Phi) is 11.5. The second kappa shape index (κ2) is 17.4. The summed E-state index contributed by atoms with van der Waals surface area (Å²) in [5.74, 6) is -3.33. The van der Waals surface area contributed by atoms with E-state index in [4.69, 9.17) is 14.2 Å². The Morgan fingerprint density at radius 3 is 2.44 bits per heavy atom. The number of hydrogen-bond donors (Lipinski definition) is 2. The number of nitrogens with zero attached hydrogens (tertiary/aromatic N) is 6. The van der Waals surface area contributed by atoms with Crippen LogP contribution in [0.3, 0.4) is 0 Å². The Hall–Kier alpha value is -6.82. The molecule has 0 radical (unpaired) electrons. The van der Waals surface area contributed by atoms with Crippen LogP contribution >= 0.6 is 0 Å². The van der Waals surface area contributed by atoms with Crippen molar-refractivity contribution in [3.8, 4) is 11.1 Å². The number of imidazole rings is 1. The normalized spacial score (nSPS) is 19.5. The molecule has 64 heavy (non-hydrogen) atoms. The summed E-state index contributed by atoms with van der Waals surface area (Å²) in [6.45, 7) is 5.31. The number of amides is 6. The van der Waals surface area contributed by atoms with Crippen molar-refractivity contribution >= 4 is 57.9 Å². The van der Waals surface area contributed by atoms with Crippen LogP contribution in [0.1, 0.15) is 101 Å². The molecule has 6 heterocycles. The summed E-state index contributed by atoms with van der Waals surface area (Å²) in [6.07, 6.45) is 2.87. The maximum absolute atomic E-state index is 14.6. The summed E-state index contributed by atoms with van der Waals surface area (Å²) in [6, 6.07) is 12.6. The molecule has 5 aromatic rings. The average Bonchev–Trinajstić information content (AvgIpc) is 3.92. The molecule has 18 heteroatoms. The number of nitrogens with one attached hydrogen (secondary N) is 2. The van der Waals surface area contributed by atoms with Crippen molar-refractivity contribution in [2.24, 2.45) is 0 Å². The molecule has 6 amide bonds. The van der Waals surface area contributed by atoms with Gasteiger partial charge < -0.3 is 28.9 Å². The smallest absolute Gasteiger partial charge is 0.264 e. The van der Waals surface area contributed by atoms with E-state index in [1.165, 1.54) is 17.0 Å². The minimum absolute atomic E-state index is 0.0270. The van der Waals surface area contributed by atoms with Crippen molar-refractivity contribution in [2.45, 2.75) is 83.3 Å². The van der Waals surface area contributed by atoms with Gasteiger partial charge in [0.2, 0.25) is 23.6 Å². The topological polar surface area (TPSA) is 189 Å². The summed E-state index contributed by atoms with van der Waals surface area (Å²) in [7, 11) is 0. The van der Waals surface area contributed by atoms with E-state index < -0.39 is 47.3 Å². The third-order valence-electron chi connectivity index (χ3n) is 12.6. The number of aromatic nitrogens is 3. The molecule has 0 spiro atoms. The lowest BCUT2D eigenvalue weighted by atomic mass is 9.98. The average molecular weight is 877 g/mol. The highest BCUT2D eigenvalue weighted by molar-refractivity contribution is 6.25. The molecular formula is C46H46F2N8O8. The van der Waals surface area contributed by atoms with Gasteiger partial charge in [-0.2, -0.15) is 0 Å². The fraction of sp³-hybridized carbons (Fsp3) is 0.391. The van der Waals surface area contributed by atoms with Crippen LogP contribution in [-0.2, 0) is 23.9 Å². The number of likely N-dealkylation sites (tertiary alicyclic amines) is 1. The number of imide groups is 2. The molecule has 4 aliphatic heterocycles. The van der Waals surface area contributed by atoms with Crippen LogP contribution in [0.15, 0.2) is 59.1 Å². The minimum atomic E-state index is -1.07. The molecule has 3 aromatic carbocycles. The summed E-state index contributed by atoms with van der Waals surface area (Å²) in [5.41, 5.74) is 5.04. The molecule has 1 unspecified atom stereocenters. The van der Waals surface area contributed by atoms with E-state index in [1.807, 2.05) is 36.9 Å². The zero-order valence-electron chi connectivity index (χ0n) is 35.3. The molecular weight excluding hydrogens is 831 g/mol. The number of fused-ring (bicyclic) bond motifs is 2. The second-order valence-corrected chi connectivity index (χ2v) is 16.6. The monoisotopic (exact) mass is 876 g/mol. The van der Waals surface area contributed by atoms with Crippen LogP contribution in [0.2, 0.25) is 0 Å². The van der Waals surface area contributed by atoms with E-state index >= 15 is 0 Å². The van der Waals surface area contributed by atoms with E-state index in [2.05, 4.69) is 20.4 Å². The molecule has 0 aliphatic carbocycles. The van der Waals surface area contributed by atoms with E-state index in [-0.39, 0.29) is 80.1 Å². The van der Waals surface area contributed by atoms with E-state index in [1.54, 1.807) is 12.1 Å². The molecule has 16 nitrogen and oxygen atoms in total. The van der Waals surface area contributed by atoms with Gasteiger partial charge >= 0.3 is 0 Å². The molecule has 3 saturated heterocycles. The molecule has 4 aliphatic rings. The van der Waals surface area contributed by atoms with Crippen LogP contribution in [0.5, 0.6) is 0 Å². The number of benzene rings is 3. The van der Waals surface area contributed by atoms with Gasteiger partial charge in [-0.3, -0.25) is 39.0 Å². The predicted octanol–water partition coefficient (Wildman–Crippen LogP) is 5.93. The van der Waals surface area contributed by atoms with E-state index in [0.717, 1.165) is 39.4 Å². The maximum Gasteiger partial charge on any atom is 0.264 e. The number of anilines is 2. The van der Waals surface area contributed by atoms with Crippen molar-refractivity contribution in [3.63, 3.8) is 0 Å². The van der Waals surface area contributed by atoms with Crippen LogP contribution in [0.4, 0.5) is 20.2 Å². The molecule has 3 fully saturated rings. The first-order chi connectivity index (χ1) is 30.9. The highest BCUT2D eigenvalue weighted by atomic mass is 19.2. The van der Waals surface area contributed by atoms with Gasteiger partial charge in [-0.15, -0.1) is 0 Å². The van der Waals surface area contributed by atoms with Gasteiger partial charge in [0.25, 0.3) is 11.8 Å². The van der Waals surface area contributed by atoms with Crippen molar-refractivity contribution in [3.05, 3.63) is 94.6 Å². The van der Waals surface area contributed by atoms with E-state index in [9.17, 15) is 37.5 Å². The van der Waals surface area contributed by atoms with Crippen molar-refractivity contribution in [2.75, 3.05) is 43.1 Å². The quantitative estimate of drug-likeness (QED) is 0.112. The SMILES string of the molecule is Cc1noc(C)c1-c1ccc2c(c1)nc([C@@H]1CCCC(=O)N1c1ccc(F)c(F)c1)n2C1CCN(C(=O)CCOCCNc2cccc3c2C(=O)N(C2CCC(=O)NC2=O)C3=O)CC1. The molecule has 2 N–H and O–H groups in total. The number of carbonyl (C=O) groups excluding carboxylic acids is 6. The van der Waals surface area contributed by atoms with Gasteiger partial charge in [0.1, 0.15) is 17.6 Å². The Balaban J connectivity index is 0.846. The molecule has 0 saturated carbocycles. The zero-order valence-corrected chi connectivity index (χ0v) is 35.3. The summed E-state index contributed by atoms with van der Waals surface area (Å²) >= 11 is 0. The van der Waals surface area contributed by atoms with Crippen molar-refractivity contribution in [1.82, 2.24) is 29.8 Å². The Morgan fingerprint density at radius 2 is 1.69 bits per heavy atom. The Bertz CT molecular complexity index is 2700. The number of hydrogen-bond acceptors (Lipinski definition) is 11. The standard InChI is InChI=1S/C46H46F2N8O8/c1-25-41(26(2)64-52-25)27-9-12-35-34(23-27)50-43(36-7-4-8-40(59)54(36)29-10-11-31(47)32(48)24-29)55(35)28-15-19-53(20-16-28)39(58)17-21-63-22-18-49-33-6-3-5-30-42(33)46(62)56(45(30)61)37-13-14-38(57)51-44(37)60/h3,5-6,9-12,23-24,28,36-37,49H,4,7-8,13-22H2,1-2H3,(H,51,57,60)/t36-,37?/m0/s1. The summed E-state index contributed by atoms with van der Waals surface area (Å²) < 4.78 is 42.1. The number of rotatable bonds is 12. The van der Waals surface area contributed by atoms with Gasteiger partial charge in [-0.25, -0.2) is 13.8 Å². The Morgan fingerprint density at radius 1 is 0.875 bits per heavy atom. The number of ether oxygens (including phenoxy) is 1. The van der Waals surface area contributed by atoms with Crippen LogP contribution < -0.4 is 15.5 Å². The number of piperidine rings is 3. The molecule has 0 bridgehead atoms. The first-order valence-corrected chi connectivity index (χ1v) is 21.6. The summed E-state index contributed by atoms with van der Waals surface area (Å²) in [5, 5.41) is 9.46. The van der Waals surface area contributed by atoms with Crippen LogP contribution in [0, 0.1) is 25.5 Å². The van der Waals surface area contributed by atoms with Gasteiger partial charge in [-0.1, -0.05) is 17.3 Å². The first-order valence-electron chi connectivity index (χ1n) is 21.6. The number of halogens is 2. The van der Waals surface area contributed by atoms with Crippen LogP contribution in [0.25, 0.3) is 22.2 Å². The lowest BCUT2D eigenvalue weighted by Gasteiger charge is -2.38. The highest BCUT2D eigenvalue weighted by Gasteiger charge is 2.46. The third kappa shape index (κ3) is 7.79. The lowest BCUT2D eigenvalue weighted by molar-refractivity contribution is -0.136. The van der Waals surface area contributed by atoms with Gasteiger partial charge in [0, 0.05) is 61.5 Å². The van der Waals surface area contributed by atoms with Crippen LogP contribution in [-0.4, -0.2) is 98.8 Å². The lowest BCUT2D eigenvalue weighted by Crippen LogP contribution is -2.54. The number of carbonyl (C=O) groups is 6. The summed E-state index contributed by atoms with van der Waals surface area (Å²) in [4.78, 5) is 87.2. The second-order valence-electron chi connectivity index (χ2n) is 16.6. The minimum Gasteiger partial charge on any atom is -0.382 e. The highest BCUT2D eigenvalue weighted by Crippen LogP contribution is 2.41. The molecule has 9 rings (SSSR count). The Labute approximate surface area is 365 Å².